The van der Waals surface area contributed by atoms with Gasteiger partial charge in [-0.25, -0.2) is 4.79 Å². The van der Waals surface area contributed by atoms with Gasteiger partial charge in [0.1, 0.15) is 5.00 Å². The topological polar surface area (TPSA) is 81.7 Å². The van der Waals surface area contributed by atoms with Crippen molar-refractivity contribution in [3.63, 3.8) is 0 Å². The Bertz CT molecular complexity index is 494. The van der Waals surface area contributed by atoms with Gasteiger partial charge in [-0.3, -0.25) is 9.59 Å². The molecule has 0 atom stereocenters. The minimum atomic E-state index is -0.507. The van der Waals surface area contributed by atoms with Crippen molar-refractivity contribution in [3.8, 4) is 0 Å². The van der Waals surface area contributed by atoms with E-state index < -0.39 is 11.9 Å². The third-order valence-corrected chi connectivity index (χ3v) is 3.26. The molecular weight excluding hydrogens is 270 g/mol. The molecule has 0 aliphatic rings. The third kappa shape index (κ3) is 4.36. The maximum absolute atomic E-state index is 11.6. The largest absolute Gasteiger partial charge is 0.469 e. The van der Waals surface area contributed by atoms with Crippen molar-refractivity contribution in [2.75, 3.05) is 19.5 Å². The molecule has 0 radical (unpaired) electrons. The minimum absolute atomic E-state index is 0.000246. The van der Waals surface area contributed by atoms with Gasteiger partial charge in [-0.05, 0) is 13.0 Å². The van der Waals surface area contributed by atoms with Crippen LogP contribution in [0.2, 0.25) is 0 Å². The average molecular weight is 285 g/mol. The number of esters is 2. The van der Waals surface area contributed by atoms with Crippen molar-refractivity contribution in [2.45, 2.75) is 19.8 Å². The van der Waals surface area contributed by atoms with Crippen molar-refractivity contribution < 1.29 is 23.9 Å². The molecule has 0 aromatic carbocycles. The van der Waals surface area contributed by atoms with E-state index in [-0.39, 0.29) is 18.7 Å². The molecule has 0 unspecified atom stereocenters. The summed E-state index contributed by atoms with van der Waals surface area (Å²) in [5.41, 5.74) is 0.316. The zero-order valence-electron chi connectivity index (χ0n) is 10.9. The number of hydrogen-bond donors (Lipinski definition) is 1. The van der Waals surface area contributed by atoms with Gasteiger partial charge in [-0.15, -0.1) is 11.3 Å². The molecular formula is C12H15NO5S. The second kappa shape index (κ2) is 6.89. The van der Waals surface area contributed by atoms with Gasteiger partial charge < -0.3 is 14.8 Å². The number of rotatable bonds is 5. The number of carbonyl (C=O) groups excluding carboxylic acids is 3. The second-order valence-corrected chi connectivity index (χ2v) is 4.97. The standard InChI is InChI=1S/C12H15NO5S/c1-7-6-8(12(16)18-3)11(19-7)13-9(14)4-5-10(15)17-2/h6H,4-5H2,1-3H3,(H,13,14). The van der Waals surface area contributed by atoms with E-state index in [2.05, 4.69) is 14.8 Å². The quantitative estimate of drug-likeness (QED) is 0.833. The van der Waals surface area contributed by atoms with Crippen LogP contribution in [-0.4, -0.2) is 32.1 Å². The summed E-state index contributed by atoms with van der Waals surface area (Å²) < 4.78 is 9.07. The number of nitrogens with one attached hydrogen (secondary N) is 1. The molecule has 19 heavy (non-hydrogen) atoms. The molecule has 0 aliphatic heterocycles. The molecule has 0 fully saturated rings. The molecule has 0 saturated carbocycles. The van der Waals surface area contributed by atoms with E-state index in [4.69, 9.17) is 0 Å². The molecule has 1 aromatic rings. The summed E-state index contributed by atoms with van der Waals surface area (Å²) in [5.74, 6) is -1.31. The van der Waals surface area contributed by atoms with Gasteiger partial charge in [0.05, 0.1) is 26.2 Å². The lowest BCUT2D eigenvalue weighted by molar-refractivity contribution is -0.141. The monoisotopic (exact) mass is 285 g/mol. The van der Waals surface area contributed by atoms with Crippen molar-refractivity contribution in [1.82, 2.24) is 0 Å². The third-order valence-electron chi connectivity index (χ3n) is 2.30. The van der Waals surface area contributed by atoms with Gasteiger partial charge >= 0.3 is 11.9 Å². The van der Waals surface area contributed by atoms with Crippen LogP contribution < -0.4 is 5.32 Å². The van der Waals surface area contributed by atoms with Crippen molar-refractivity contribution in [1.29, 1.82) is 0 Å². The fraction of sp³-hybridized carbons (Fsp3) is 0.417. The molecule has 6 nitrogen and oxygen atoms in total. The molecule has 1 amide bonds. The summed E-state index contributed by atoms with van der Waals surface area (Å²) >= 11 is 1.28. The van der Waals surface area contributed by atoms with Crippen LogP contribution in [0.4, 0.5) is 5.00 Å². The number of anilines is 1. The van der Waals surface area contributed by atoms with Gasteiger partial charge in [0.15, 0.2) is 0 Å². The Morgan fingerprint density at radius 3 is 2.47 bits per heavy atom. The maximum Gasteiger partial charge on any atom is 0.340 e. The summed E-state index contributed by atoms with van der Waals surface area (Å²) in [6.45, 7) is 1.82. The molecule has 0 aliphatic carbocycles. The van der Waals surface area contributed by atoms with Crippen molar-refractivity contribution in [2.24, 2.45) is 0 Å². The van der Waals surface area contributed by atoms with E-state index in [9.17, 15) is 14.4 Å². The Balaban J connectivity index is 2.68. The number of hydrogen-bond acceptors (Lipinski definition) is 6. The van der Waals surface area contributed by atoms with E-state index in [1.807, 2.05) is 6.92 Å². The first-order valence-electron chi connectivity index (χ1n) is 5.53. The predicted molar refractivity (Wildman–Crippen MR) is 70.3 cm³/mol. The second-order valence-electron chi connectivity index (χ2n) is 3.72. The SMILES string of the molecule is COC(=O)CCC(=O)Nc1sc(C)cc1C(=O)OC. The molecule has 7 heteroatoms. The lowest BCUT2D eigenvalue weighted by atomic mass is 10.2. The number of ether oxygens (including phenoxy) is 2. The molecule has 1 rings (SSSR count). The van der Waals surface area contributed by atoms with Crippen LogP contribution in [0, 0.1) is 6.92 Å². The van der Waals surface area contributed by atoms with Crippen LogP contribution in [0.25, 0.3) is 0 Å². The number of thiophene rings is 1. The Labute approximate surface area is 114 Å². The van der Waals surface area contributed by atoms with Crippen molar-refractivity contribution in [3.05, 3.63) is 16.5 Å². The first kappa shape index (κ1) is 15.2. The smallest absolute Gasteiger partial charge is 0.340 e. The summed E-state index contributed by atoms with van der Waals surface area (Å²) in [7, 11) is 2.54. The van der Waals surface area contributed by atoms with Crippen LogP contribution in [0.1, 0.15) is 28.1 Å². The zero-order valence-corrected chi connectivity index (χ0v) is 11.8. The molecule has 0 bridgehead atoms. The lowest BCUT2D eigenvalue weighted by Crippen LogP contribution is -2.15. The molecule has 1 heterocycles. The van der Waals surface area contributed by atoms with E-state index in [1.54, 1.807) is 6.07 Å². The predicted octanol–water partition coefficient (Wildman–Crippen LogP) is 1.73. The minimum Gasteiger partial charge on any atom is -0.469 e. The van der Waals surface area contributed by atoms with Gasteiger partial charge in [-0.1, -0.05) is 0 Å². The van der Waals surface area contributed by atoms with Gasteiger partial charge in [0, 0.05) is 11.3 Å². The summed E-state index contributed by atoms with van der Waals surface area (Å²) in [6.07, 6.45) is 0.00445. The highest BCUT2D eigenvalue weighted by atomic mass is 32.1. The summed E-state index contributed by atoms with van der Waals surface area (Å²) in [6, 6.07) is 1.65. The maximum atomic E-state index is 11.6. The molecule has 1 aromatic heterocycles. The molecule has 1 N–H and O–H groups in total. The van der Waals surface area contributed by atoms with Gasteiger partial charge in [-0.2, -0.15) is 0 Å². The van der Waals surface area contributed by atoms with Crippen LogP contribution in [-0.2, 0) is 19.1 Å². The first-order chi connectivity index (χ1) is 8.97. The molecule has 104 valence electrons. The number of methoxy groups -OCH3 is 2. The highest BCUT2D eigenvalue weighted by molar-refractivity contribution is 7.16. The normalized spacial score (nSPS) is 9.84. The number of aryl methyl sites for hydroxylation is 1. The van der Waals surface area contributed by atoms with Crippen LogP contribution >= 0.6 is 11.3 Å². The Kier molecular flexibility index (Phi) is 5.50. The highest BCUT2D eigenvalue weighted by Crippen LogP contribution is 2.28. The Morgan fingerprint density at radius 2 is 1.89 bits per heavy atom. The average Bonchev–Trinajstić information content (AvgIpc) is 2.75. The molecule has 0 saturated heterocycles. The summed E-state index contributed by atoms with van der Waals surface area (Å²) in [4.78, 5) is 34.9. The summed E-state index contributed by atoms with van der Waals surface area (Å²) in [5, 5.41) is 3.03. The number of amides is 1. The fourth-order valence-electron chi connectivity index (χ4n) is 1.38. The van der Waals surface area contributed by atoms with E-state index in [0.29, 0.717) is 10.6 Å². The van der Waals surface area contributed by atoms with E-state index >= 15 is 0 Å². The highest BCUT2D eigenvalue weighted by Gasteiger charge is 2.17. The van der Waals surface area contributed by atoms with Crippen LogP contribution in [0.3, 0.4) is 0 Å². The van der Waals surface area contributed by atoms with Gasteiger partial charge in [0.25, 0.3) is 0 Å². The van der Waals surface area contributed by atoms with Crippen LogP contribution in [0.5, 0.6) is 0 Å². The zero-order chi connectivity index (χ0) is 14.4. The van der Waals surface area contributed by atoms with Crippen molar-refractivity contribution >= 4 is 34.2 Å². The molecule has 0 spiro atoms. The Morgan fingerprint density at radius 1 is 1.21 bits per heavy atom. The van der Waals surface area contributed by atoms with Crippen LogP contribution in [0.15, 0.2) is 6.07 Å². The van der Waals surface area contributed by atoms with Gasteiger partial charge in [0.2, 0.25) is 5.91 Å². The number of carbonyl (C=O) groups is 3. The first-order valence-corrected chi connectivity index (χ1v) is 6.35. The van der Waals surface area contributed by atoms with E-state index in [1.165, 1.54) is 25.6 Å². The fourth-order valence-corrected chi connectivity index (χ4v) is 2.29. The Hall–Kier alpha value is -1.89. The van der Waals surface area contributed by atoms with E-state index in [0.717, 1.165) is 4.88 Å². The lowest BCUT2D eigenvalue weighted by Gasteiger charge is -2.04.